The summed E-state index contributed by atoms with van der Waals surface area (Å²) in [5, 5.41) is 8.70. The van der Waals surface area contributed by atoms with Crippen LogP contribution in [0.5, 0.6) is 5.88 Å². The van der Waals surface area contributed by atoms with Gasteiger partial charge in [-0.1, -0.05) is 0 Å². The molecular formula is C24H36N4O11S. The molecule has 0 saturated carbocycles. The molecule has 0 aromatic carbocycles. The summed E-state index contributed by atoms with van der Waals surface area (Å²) < 4.78 is 35.0. The maximum Gasteiger partial charge on any atom is 0.344 e. The van der Waals surface area contributed by atoms with Gasteiger partial charge in [0.1, 0.15) is 6.61 Å². The largest absolute Gasteiger partial charge is 0.481 e. The fourth-order valence-corrected chi connectivity index (χ4v) is 4.06. The predicted octanol–water partition coefficient (Wildman–Crippen LogP) is 0.654. The summed E-state index contributed by atoms with van der Waals surface area (Å²) >= 11 is 0.958. The van der Waals surface area contributed by atoms with E-state index in [4.69, 9.17) is 28.8 Å². The van der Waals surface area contributed by atoms with Gasteiger partial charge in [-0.2, -0.15) is 4.37 Å². The van der Waals surface area contributed by atoms with Gasteiger partial charge in [-0.05, 0) is 27.2 Å². The maximum atomic E-state index is 13.1. The number of aliphatic carboxylic acids is 1. The summed E-state index contributed by atoms with van der Waals surface area (Å²) in [5.74, 6) is -3.06. The molecule has 1 fully saturated rings. The number of esters is 3. The topological polar surface area (TPSA) is 184 Å². The third-order valence-electron chi connectivity index (χ3n) is 5.48. The van der Waals surface area contributed by atoms with Crippen LogP contribution in [0.15, 0.2) is 0 Å². The van der Waals surface area contributed by atoms with Crippen molar-refractivity contribution in [2.45, 2.75) is 58.6 Å². The summed E-state index contributed by atoms with van der Waals surface area (Å²) in [6, 6.07) is 0. The highest BCUT2D eigenvalue weighted by molar-refractivity contribution is 6.99. The molecule has 1 aliphatic rings. The fourth-order valence-electron chi connectivity index (χ4n) is 3.54. The molecule has 0 spiro atoms. The van der Waals surface area contributed by atoms with Gasteiger partial charge < -0.3 is 38.6 Å². The minimum absolute atomic E-state index is 0.0843. The van der Waals surface area contributed by atoms with E-state index in [1.54, 1.807) is 20.8 Å². The van der Waals surface area contributed by atoms with E-state index in [9.17, 15) is 24.0 Å². The number of rotatable bonds is 15. The van der Waals surface area contributed by atoms with Gasteiger partial charge in [-0.3, -0.25) is 19.2 Å². The molecule has 40 heavy (non-hydrogen) atoms. The highest BCUT2D eigenvalue weighted by atomic mass is 32.1. The van der Waals surface area contributed by atoms with Crippen molar-refractivity contribution < 1.29 is 52.8 Å². The standard InChI is InChI=1S/C24H36N4O11S/c1-16(29)36-15-21(34)39-17(13-38-23-22(25-40-26-23)27-8-10-35-11-9-27)12-28(24(2,3)4)18(30)14-37-20(33)7-5-6-19(31)32/h17H,5-15H2,1-4H3,(H,31,32)/t17-/m0/s1. The Hall–Kier alpha value is -3.53. The number of carbonyl (C=O) groups excluding carboxylic acids is 4. The molecular weight excluding hydrogens is 552 g/mol. The van der Waals surface area contributed by atoms with Crippen molar-refractivity contribution in [3.8, 4) is 5.88 Å². The number of hydrogen-bond acceptors (Lipinski definition) is 14. The van der Waals surface area contributed by atoms with Gasteiger partial charge in [0.25, 0.3) is 11.8 Å². The van der Waals surface area contributed by atoms with E-state index in [0.29, 0.717) is 32.1 Å². The minimum Gasteiger partial charge on any atom is -0.481 e. The first-order chi connectivity index (χ1) is 18.9. The SMILES string of the molecule is CC(=O)OCC(=O)O[C@H](COc1nsnc1N1CCOCC1)CN(C(=O)COC(=O)CCCC(=O)O)C(C)(C)C. The van der Waals surface area contributed by atoms with E-state index < -0.39 is 54.6 Å². The first-order valence-corrected chi connectivity index (χ1v) is 13.4. The molecule has 16 heteroatoms. The van der Waals surface area contributed by atoms with Crippen LogP contribution < -0.4 is 9.64 Å². The lowest BCUT2D eigenvalue weighted by Gasteiger charge is -2.37. The van der Waals surface area contributed by atoms with Crippen LogP contribution >= 0.6 is 11.7 Å². The lowest BCUT2D eigenvalue weighted by molar-refractivity contribution is -0.166. The number of amides is 1. The quantitative estimate of drug-likeness (QED) is 0.222. The van der Waals surface area contributed by atoms with Crippen molar-refractivity contribution >= 4 is 47.3 Å². The fraction of sp³-hybridized carbons (Fsp3) is 0.708. The highest BCUT2D eigenvalue weighted by Crippen LogP contribution is 2.27. The maximum absolute atomic E-state index is 13.1. The van der Waals surface area contributed by atoms with Gasteiger partial charge in [0.15, 0.2) is 19.3 Å². The second kappa shape index (κ2) is 15.9. The normalized spacial score (nSPS) is 14.2. The highest BCUT2D eigenvalue weighted by Gasteiger charge is 2.32. The van der Waals surface area contributed by atoms with Gasteiger partial charge in [0.05, 0.1) is 31.5 Å². The summed E-state index contributed by atoms with van der Waals surface area (Å²) in [7, 11) is 0. The summed E-state index contributed by atoms with van der Waals surface area (Å²) in [4.78, 5) is 62.5. The van der Waals surface area contributed by atoms with Crippen molar-refractivity contribution in [2.24, 2.45) is 0 Å². The monoisotopic (exact) mass is 588 g/mol. The van der Waals surface area contributed by atoms with Gasteiger partial charge >= 0.3 is 23.9 Å². The zero-order chi connectivity index (χ0) is 29.7. The Morgan fingerprint density at radius 3 is 2.38 bits per heavy atom. The van der Waals surface area contributed by atoms with Crippen molar-refractivity contribution in [1.82, 2.24) is 13.6 Å². The first-order valence-electron chi connectivity index (χ1n) is 12.7. The zero-order valence-corrected chi connectivity index (χ0v) is 23.9. The molecule has 2 rings (SSSR count). The number of nitrogens with zero attached hydrogens (tertiary/aromatic N) is 4. The molecule has 1 saturated heterocycles. The molecule has 1 atom stereocenters. The molecule has 0 radical (unpaired) electrons. The summed E-state index contributed by atoms with van der Waals surface area (Å²) in [6.07, 6.45) is -1.27. The van der Waals surface area contributed by atoms with E-state index in [1.807, 2.05) is 4.90 Å². The van der Waals surface area contributed by atoms with Crippen LogP contribution in [-0.4, -0.2) is 113 Å². The van der Waals surface area contributed by atoms with Crippen molar-refractivity contribution in [2.75, 3.05) is 57.6 Å². The van der Waals surface area contributed by atoms with Gasteiger partial charge in [0, 0.05) is 38.4 Å². The number of carboxylic acid groups (broad SMARTS) is 1. The summed E-state index contributed by atoms with van der Waals surface area (Å²) in [5.41, 5.74) is -0.783. The molecule has 0 aliphatic carbocycles. The third-order valence-corrected chi connectivity index (χ3v) is 5.98. The number of ether oxygens (including phenoxy) is 5. The molecule has 1 amide bonds. The van der Waals surface area contributed by atoms with Gasteiger partial charge in [-0.25, -0.2) is 4.79 Å². The Balaban J connectivity index is 2.10. The van der Waals surface area contributed by atoms with E-state index >= 15 is 0 Å². The van der Waals surface area contributed by atoms with Crippen LogP contribution in [0, 0.1) is 0 Å². The smallest absolute Gasteiger partial charge is 0.344 e. The molecule has 1 N–H and O–H groups in total. The Kier molecular flexibility index (Phi) is 13.0. The van der Waals surface area contributed by atoms with Crippen molar-refractivity contribution in [1.29, 1.82) is 0 Å². The average Bonchev–Trinajstić information content (AvgIpc) is 3.36. The predicted molar refractivity (Wildman–Crippen MR) is 139 cm³/mol. The van der Waals surface area contributed by atoms with Gasteiger partial charge in [0.2, 0.25) is 5.82 Å². The van der Waals surface area contributed by atoms with Gasteiger partial charge in [-0.15, -0.1) is 4.37 Å². The minimum atomic E-state index is -1.04. The third kappa shape index (κ3) is 11.7. The molecule has 0 unspecified atom stereocenters. The van der Waals surface area contributed by atoms with E-state index in [2.05, 4.69) is 8.75 Å². The zero-order valence-electron chi connectivity index (χ0n) is 23.1. The Bertz CT molecular complexity index is 1020. The van der Waals surface area contributed by atoms with Crippen LogP contribution in [-0.2, 0) is 42.9 Å². The molecule has 0 bridgehead atoms. The number of anilines is 1. The number of aromatic nitrogens is 2. The Morgan fingerprint density at radius 1 is 1.05 bits per heavy atom. The number of carboxylic acids is 1. The van der Waals surface area contributed by atoms with E-state index in [0.717, 1.165) is 18.7 Å². The van der Waals surface area contributed by atoms with Crippen LogP contribution in [0.2, 0.25) is 0 Å². The molecule has 1 aromatic rings. The number of morpholine rings is 1. The average molecular weight is 589 g/mol. The molecule has 2 heterocycles. The van der Waals surface area contributed by atoms with Crippen molar-refractivity contribution in [3.05, 3.63) is 0 Å². The summed E-state index contributed by atoms with van der Waals surface area (Å²) in [6.45, 7) is 7.10. The van der Waals surface area contributed by atoms with Crippen LogP contribution in [0.25, 0.3) is 0 Å². The van der Waals surface area contributed by atoms with Crippen LogP contribution in [0.1, 0.15) is 47.0 Å². The second-order valence-corrected chi connectivity index (χ2v) is 10.3. The molecule has 1 aliphatic heterocycles. The second-order valence-electron chi connectivity index (χ2n) is 9.78. The van der Waals surface area contributed by atoms with Crippen molar-refractivity contribution in [3.63, 3.8) is 0 Å². The van der Waals surface area contributed by atoms with E-state index in [-0.39, 0.29) is 38.3 Å². The Labute approximate surface area is 236 Å². The van der Waals surface area contributed by atoms with Crippen LogP contribution in [0.4, 0.5) is 5.82 Å². The number of carbonyl (C=O) groups is 5. The lowest BCUT2D eigenvalue weighted by atomic mass is 10.1. The van der Waals surface area contributed by atoms with Crippen LogP contribution in [0.3, 0.4) is 0 Å². The molecule has 15 nitrogen and oxygen atoms in total. The first kappa shape index (κ1) is 32.7. The molecule has 224 valence electrons. The lowest BCUT2D eigenvalue weighted by Crippen LogP contribution is -2.52. The van der Waals surface area contributed by atoms with E-state index in [1.165, 1.54) is 4.90 Å². The number of hydrogen-bond donors (Lipinski definition) is 1. The molecule has 1 aromatic heterocycles. The Morgan fingerprint density at radius 2 is 1.75 bits per heavy atom.